The fourth-order valence-electron chi connectivity index (χ4n) is 2.56. The number of fused-ring (bicyclic) bond motifs is 1. The van der Waals surface area contributed by atoms with Crippen LogP contribution in [0.3, 0.4) is 0 Å². The predicted molar refractivity (Wildman–Crippen MR) is 105 cm³/mol. The Morgan fingerprint density at radius 2 is 2.00 bits per heavy atom. The first kappa shape index (κ1) is 17.7. The third-order valence-electron chi connectivity index (χ3n) is 4.05. The number of benzene rings is 1. The third kappa shape index (κ3) is 3.93. The van der Waals surface area contributed by atoms with E-state index < -0.39 is 0 Å². The van der Waals surface area contributed by atoms with Gasteiger partial charge in [0, 0.05) is 4.88 Å². The fraction of sp³-hybridized carbons (Fsp3) is 0.278. The number of carbonyl (C=O) groups excluding carboxylic acids is 1. The zero-order chi connectivity index (χ0) is 18.0. The molecule has 0 fully saturated rings. The number of carbonyl (C=O) groups is 1. The van der Waals surface area contributed by atoms with Crippen LogP contribution in [0.5, 0.6) is 0 Å². The van der Waals surface area contributed by atoms with E-state index in [4.69, 9.17) is 5.73 Å². The summed E-state index contributed by atoms with van der Waals surface area (Å²) in [5.41, 5.74) is 8.28. The molecule has 2 aromatic heterocycles. The first-order valence-corrected chi connectivity index (χ1v) is 9.76. The molecule has 0 aliphatic carbocycles. The number of hydrogen-bond acceptors (Lipinski definition) is 6. The zero-order valence-electron chi connectivity index (χ0n) is 14.4. The van der Waals surface area contributed by atoms with E-state index in [1.807, 2.05) is 51.1 Å². The summed E-state index contributed by atoms with van der Waals surface area (Å²) in [5, 5.41) is 4.45. The number of amides is 1. The van der Waals surface area contributed by atoms with Crippen molar-refractivity contribution in [3.63, 3.8) is 0 Å². The van der Waals surface area contributed by atoms with Crippen molar-refractivity contribution < 1.29 is 4.79 Å². The average Bonchev–Trinajstić information content (AvgIpc) is 2.88. The maximum absolute atomic E-state index is 12.2. The first-order valence-electron chi connectivity index (χ1n) is 7.96. The Bertz CT molecular complexity index is 908. The molecule has 2 heterocycles. The SMILES string of the molecule is Cc1sc2nc(SCC(=O)NC(C)c3ccccc3)nc(N)c2c1C. The van der Waals surface area contributed by atoms with Crippen LogP contribution >= 0.6 is 23.1 Å². The highest BCUT2D eigenvalue weighted by molar-refractivity contribution is 7.99. The zero-order valence-corrected chi connectivity index (χ0v) is 16.0. The fourth-order valence-corrected chi connectivity index (χ4v) is 4.32. The molecule has 1 amide bonds. The van der Waals surface area contributed by atoms with E-state index in [9.17, 15) is 4.79 Å². The molecule has 0 spiro atoms. The molecule has 0 aliphatic rings. The molecule has 3 aromatic rings. The molecule has 0 radical (unpaired) electrons. The van der Waals surface area contributed by atoms with Crippen LogP contribution in [0.15, 0.2) is 35.5 Å². The van der Waals surface area contributed by atoms with Crippen molar-refractivity contribution in [3.8, 4) is 0 Å². The summed E-state index contributed by atoms with van der Waals surface area (Å²) in [6, 6.07) is 9.84. The molecule has 3 rings (SSSR count). The largest absolute Gasteiger partial charge is 0.383 e. The first-order chi connectivity index (χ1) is 12.0. The summed E-state index contributed by atoms with van der Waals surface area (Å²) in [7, 11) is 0. The highest BCUT2D eigenvalue weighted by Gasteiger charge is 2.15. The van der Waals surface area contributed by atoms with Gasteiger partial charge in [-0.3, -0.25) is 4.79 Å². The number of thiophene rings is 1. The maximum Gasteiger partial charge on any atom is 0.230 e. The molecule has 1 aromatic carbocycles. The van der Waals surface area contributed by atoms with Gasteiger partial charge in [-0.15, -0.1) is 11.3 Å². The standard InChI is InChI=1S/C18H20N4OS2/c1-10-12(3)25-17-15(10)16(19)21-18(22-17)24-9-14(23)20-11(2)13-7-5-4-6-8-13/h4-8,11H,9H2,1-3H3,(H,20,23)(H2,19,21,22). The Morgan fingerprint density at radius 1 is 1.28 bits per heavy atom. The summed E-state index contributed by atoms with van der Waals surface area (Å²) in [6.07, 6.45) is 0. The topological polar surface area (TPSA) is 80.9 Å². The molecule has 3 N–H and O–H groups in total. The van der Waals surface area contributed by atoms with Gasteiger partial charge < -0.3 is 11.1 Å². The van der Waals surface area contributed by atoms with Crippen molar-refractivity contribution in [1.29, 1.82) is 0 Å². The highest BCUT2D eigenvalue weighted by Crippen LogP contribution is 2.33. The summed E-state index contributed by atoms with van der Waals surface area (Å²) in [5.74, 6) is 0.681. The number of aryl methyl sites for hydroxylation is 2. The number of hydrogen-bond donors (Lipinski definition) is 2. The lowest BCUT2D eigenvalue weighted by molar-refractivity contribution is -0.119. The van der Waals surface area contributed by atoms with E-state index in [0.717, 1.165) is 21.3 Å². The quantitative estimate of drug-likeness (QED) is 0.525. The molecule has 0 saturated carbocycles. The molecule has 7 heteroatoms. The monoisotopic (exact) mass is 372 g/mol. The van der Waals surface area contributed by atoms with Gasteiger partial charge in [0.2, 0.25) is 5.91 Å². The van der Waals surface area contributed by atoms with Gasteiger partial charge in [0.25, 0.3) is 0 Å². The number of nitrogens with two attached hydrogens (primary N) is 1. The van der Waals surface area contributed by atoms with Crippen molar-refractivity contribution in [1.82, 2.24) is 15.3 Å². The highest BCUT2D eigenvalue weighted by atomic mass is 32.2. The van der Waals surface area contributed by atoms with Crippen LogP contribution in [0, 0.1) is 13.8 Å². The molecule has 25 heavy (non-hydrogen) atoms. The third-order valence-corrected chi connectivity index (χ3v) is 5.99. The Labute approximate surface area is 155 Å². The number of nitrogens with zero attached hydrogens (tertiary/aromatic N) is 2. The predicted octanol–water partition coefficient (Wildman–Crippen LogP) is 3.86. The van der Waals surface area contributed by atoms with Gasteiger partial charge in [-0.25, -0.2) is 9.97 Å². The van der Waals surface area contributed by atoms with Gasteiger partial charge >= 0.3 is 0 Å². The summed E-state index contributed by atoms with van der Waals surface area (Å²) < 4.78 is 0. The Balaban J connectivity index is 1.65. The number of anilines is 1. The smallest absolute Gasteiger partial charge is 0.230 e. The Hall–Kier alpha value is -2.12. The minimum atomic E-state index is -0.0536. The molecular weight excluding hydrogens is 352 g/mol. The Kier molecular flexibility index (Phi) is 5.24. The summed E-state index contributed by atoms with van der Waals surface area (Å²) in [4.78, 5) is 23.1. The summed E-state index contributed by atoms with van der Waals surface area (Å²) >= 11 is 2.91. The van der Waals surface area contributed by atoms with Crippen LogP contribution in [0.25, 0.3) is 10.2 Å². The van der Waals surface area contributed by atoms with E-state index >= 15 is 0 Å². The molecule has 0 bridgehead atoms. The number of nitrogen functional groups attached to an aromatic ring is 1. The van der Waals surface area contributed by atoms with E-state index in [1.54, 1.807) is 11.3 Å². The number of thioether (sulfide) groups is 1. The van der Waals surface area contributed by atoms with Crippen LogP contribution in [0.1, 0.15) is 29.0 Å². The lowest BCUT2D eigenvalue weighted by Crippen LogP contribution is -2.28. The van der Waals surface area contributed by atoms with Gasteiger partial charge in [-0.1, -0.05) is 42.1 Å². The lowest BCUT2D eigenvalue weighted by Gasteiger charge is -2.13. The molecule has 1 unspecified atom stereocenters. The van der Waals surface area contributed by atoms with Gasteiger partial charge in [-0.05, 0) is 31.9 Å². The van der Waals surface area contributed by atoms with Crippen LogP contribution < -0.4 is 11.1 Å². The van der Waals surface area contributed by atoms with Crippen molar-refractivity contribution in [2.45, 2.75) is 32.0 Å². The van der Waals surface area contributed by atoms with E-state index in [2.05, 4.69) is 15.3 Å². The minimum Gasteiger partial charge on any atom is -0.383 e. The second-order valence-corrected chi connectivity index (χ2v) is 7.99. The Morgan fingerprint density at radius 3 is 2.72 bits per heavy atom. The van der Waals surface area contributed by atoms with Crippen LogP contribution in [0.4, 0.5) is 5.82 Å². The number of nitrogens with one attached hydrogen (secondary N) is 1. The molecule has 1 atom stereocenters. The van der Waals surface area contributed by atoms with Gasteiger partial charge in [0.05, 0.1) is 17.2 Å². The van der Waals surface area contributed by atoms with Crippen LogP contribution in [0.2, 0.25) is 0 Å². The number of rotatable bonds is 5. The molecule has 0 aliphatic heterocycles. The van der Waals surface area contributed by atoms with Gasteiger partial charge in [0.15, 0.2) is 5.16 Å². The second kappa shape index (κ2) is 7.41. The summed E-state index contributed by atoms with van der Waals surface area (Å²) in [6.45, 7) is 6.04. The van der Waals surface area contributed by atoms with E-state index in [0.29, 0.717) is 11.0 Å². The van der Waals surface area contributed by atoms with Gasteiger partial charge in [0.1, 0.15) is 10.6 Å². The van der Waals surface area contributed by atoms with Gasteiger partial charge in [-0.2, -0.15) is 0 Å². The maximum atomic E-state index is 12.2. The minimum absolute atomic E-state index is 0.0367. The van der Waals surface area contributed by atoms with Crippen molar-refractivity contribution in [2.24, 2.45) is 0 Å². The van der Waals surface area contributed by atoms with E-state index in [1.165, 1.54) is 16.6 Å². The molecular formula is C18H20N4OS2. The van der Waals surface area contributed by atoms with Crippen molar-refractivity contribution >= 4 is 45.0 Å². The number of aromatic nitrogens is 2. The van der Waals surface area contributed by atoms with Crippen LogP contribution in [-0.4, -0.2) is 21.6 Å². The average molecular weight is 373 g/mol. The van der Waals surface area contributed by atoms with Crippen molar-refractivity contribution in [2.75, 3.05) is 11.5 Å². The van der Waals surface area contributed by atoms with Crippen molar-refractivity contribution in [3.05, 3.63) is 46.3 Å². The normalized spacial score (nSPS) is 12.3. The molecule has 0 saturated heterocycles. The van der Waals surface area contributed by atoms with E-state index in [-0.39, 0.29) is 17.7 Å². The molecule has 130 valence electrons. The second-order valence-electron chi connectivity index (χ2n) is 5.84. The molecule has 5 nitrogen and oxygen atoms in total. The lowest BCUT2D eigenvalue weighted by atomic mass is 10.1. The van der Waals surface area contributed by atoms with Crippen LogP contribution in [-0.2, 0) is 4.79 Å².